The van der Waals surface area contributed by atoms with Crippen molar-refractivity contribution in [3.05, 3.63) is 63.2 Å². The van der Waals surface area contributed by atoms with E-state index in [1.807, 2.05) is 7.05 Å². The summed E-state index contributed by atoms with van der Waals surface area (Å²) in [6.07, 6.45) is 9.44. The maximum Gasteiger partial charge on any atom is 0.247 e. The van der Waals surface area contributed by atoms with Crippen molar-refractivity contribution in [2.75, 3.05) is 32.4 Å². The SMILES string of the molecule is CC/C=C(/NC(=NC1CCCN(C)C1=O)c1c(C)c(CC)c(-c2ccc(F)c3sc(N)c(C#N)c23)c2c1COC2)N1CC(C)C(C2CCC2)C1. The quantitative estimate of drug-likeness (QED) is 0.185. The highest BCUT2D eigenvalue weighted by Crippen LogP contribution is 2.47. The van der Waals surface area contributed by atoms with Gasteiger partial charge >= 0.3 is 0 Å². The van der Waals surface area contributed by atoms with Gasteiger partial charge in [-0.1, -0.05) is 46.1 Å². The number of nitrogen functional groups attached to an aromatic ring is 1. The van der Waals surface area contributed by atoms with Crippen molar-refractivity contribution in [3.8, 4) is 17.2 Å². The zero-order valence-corrected chi connectivity index (χ0v) is 30.8. The summed E-state index contributed by atoms with van der Waals surface area (Å²) >= 11 is 1.12. The number of nitrogens with two attached hydrogens (primary N) is 1. The lowest BCUT2D eigenvalue weighted by Gasteiger charge is -2.33. The molecule has 1 aliphatic carbocycles. The van der Waals surface area contributed by atoms with Crippen LogP contribution in [0.3, 0.4) is 0 Å². The number of allylic oxidation sites excluding steroid dienone is 1. The number of thiophene rings is 1. The summed E-state index contributed by atoms with van der Waals surface area (Å²) < 4.78 is 21.8. The Hall–Kier alpha value is -3.94. The van der Waals surface area contributed by atoms with E-state index in [-0.39, 0.29) is 11.7 Å². The molecule has 0 bridgehead atoms. The molecule has 1 amide bonds. The molecule has 10 heteroatoms. The molecule has 1 saturated carbocycles. The second kappa shape index (κ2) is 14.0. The number of benzene rings is 2. The molecule has 4 heterocycles. The van der Waals surface area contributed by atoms with Crippen molar-refractivity contribution >= 4 is 38.2 Å². The van der Waals surface area contributed by atoms with Gasteiger partial charge in [0, 0.05) is 37.6 Å². The van der Waals surface area contributed by atoms with E-state index in [2.05, 4.69) is 50.1 Å². The molecule has 2 aromatic carbocycles. The van der Waals surface area contributed by atoms with Gasteiger partial charge in [0.25, 0.3) is 0 Å². The van der Waals surface area contributed by atoms with Crippen LogP contribution in [0.5, 0.6) is 0 Å². The lowest BCUT2D eigenvalue weighted by molar-refractivity contribution is -0.133. The lowest BCUT2D eigenvalue weighted by atomic mass is 9.72. The van der Waals surface area contributed by atoms with Crippen LogP contribution in [0.1, 0.15) is 92.7 Å². The summed E-state index contributed by atoms with van der Waals surface area (Å²) in [5.41, 5.74) is 13.5. The number of fused-ring (bicyclic) bond motifs is 2. The van der Waals surface area contributed by atoms with Crippen LogP contribution < -0.4 is 11.1 Å². The number of carbonyl (C=O) groups is 1. The second-order valence-electron chi connectivity index (χ2n) is 14.7. The van der Waals surface area contributed by atoms with E-state index >= 15 is 4.39 Å². The molecule has 3 aliphatic heterocycles. The Morgan fingerprint density at radius 2 is 1.98 bits per heavy atom. The molecule has 50 heavy (non-hydrogen) atoms. The van der Waals surface area contributed by atoms with Gasteiger partial charge in [-0.3, -0.25) is 9.79 Å². The molecule has 3 N–H and O–H groups in total. The number of hydrogen-bond acceptors (Lipinski definition) is 7. The van der Waals surface area contributed by atoms with Gasteiger partial charge in [0.2, 0.25) is 5.91 Å². The summed E-state index contributed by atoms with van der Waals surface area (Å²) in [5.74, 6) is 3.52. The van der Waals surface area contributed by atoms with Crippen LogP contribution in [0.15, 0.2) is 29.0 Å². The number of amides is 1. The van der Waals surface area contributed by atoms with E-state index in [4.69, 9.17) is 15.5 Å². The van der Waals surface area contributed by atoms with E-state index in [1.165, 1.54) is 25.3 Å². The summed E-state index contributed by atoms with van der Waals surface area (Å²) in [6.45, 7) is 12.3. The molecule has 2 saturated heterocycles. The molecule has 7 rings (SSSR count). The summed E-state index contributed by atoms with van der Waals surface area (Å²) in [4.78, 5) is 23.2. The smallest absolute Gasteiger partial charge is 0.247 e. The van der Waals surface area contributed by atoms with E-state index in [1.54, 1.807) is 11.0 Å². The Labute approximate surface area is 299 Å². The Balaban J connectivity index is 1.40. The molecule has 0 spiro atoms. The number of piperidine rings is 1. The van der Waals surface area contributed by atoms with Gasteiger partial charge in [-0.2, -0.15) is 5.26 Å². The molecule has 3 atom stereocenters. The van der Waals surface area contributed by atoms with E-state index in [9.17, 15) is 10.1 Å². The average molecular weight is 697 g/mol. The van der Waals surface area contributed by atoms with E-state index in [0.29, 0.717) is 64.4 Å². The summed E-state index contributed by atoms with van der Waals surface area (Å²) in [5, 5.41) is 14.9. The predicted molar refractivity (Wildman–Crippen MR) is 199 cm³/mol. The predicted octanol–water partition coefficient (Wildman–Crippen LogP) is 7.64. The lowest BCUT2D eigenvalue weighted by Crippen LogP contribution is -2.43. The number of ether oxygens (including phenoxy) is 1. The third kappa shape index (κ3) is 5.86. The Morgan fingerprint density at radius 3 is 2.68 bits per heavy atom. The number of aliphatic imine (C=N–C) groups is 1. The van der Waals surface area contributed by atoms with Gasteiger partial charge < -0.3 is 25.6 Å². The first-order chi connectivity index (χ1) is 24.2. The molecule has 0 radical (unpaired) electrons. The van der Waals surface area contributed by atoms with Gasteiger partial charge in [0.05, 0.1) is 23.5 Å². The number of likely N-dealkylation sites (tertiary alicyclic amines) is 2. The minimum Gasteiger partial charge on any atom is -0.389 e. The number of anilines is 1. The topological polar surface area (TPSA) is 107 Å². The van der Waals surface area contributed by atoms with Crippen molar-refractivity contribution in [3.63, 3.8) is 0 Å². The van der Waals surface area contributed by atoms with Crippen LogP contribution in [-0.4, -0.2) is 54.3 Å². The first kappa shape index (κ1) is 34.5. The van der Waals surface area contributed by atoms with Crippen LogP contribution >= 0.6 is 11.3 Å². The molecular weight excluding hydrogens is 648 g/mol. The minimum absolute atomic E-state index is 0.0436. The number of nitrogens with one attached hydrogen (secondary N) is 1. The molecule has 3 aromatic rings. The maximum absolute atomic E-state index is 15.2. The Bertz CT molecular complexity index is 1930. The summed E-state index contributed by atoms with van der Waals surface area (Å²) in [6, 6.07) is 5.04. The van der Waals surface area contributed by atoms with E-state index < -0.39 is 6.04 Å². The second-order valence-corrected chi connectivity index (χ2v) is 15.7. The standard InChI is InChI=1S/C40H49FN6O2S/c1-6-10-33(47-18-22(3)28(19-47)24-11-8-12-24)45-39(44-32-13-9-16-46(5)40(32)48)34-23(4)25(7-2)35(30-21-49-20-29(30)34)26-14-15-31(41)37-36(26)27(17-42)38(43)50-37/h10,14-15,22,24,28,32H,6-9,11-13,16,18-21,43H2,1-5H3,(H,44,45)/b33-10-. The number of likely N-dealkylation sites (N-methyl/N-ethyl adjacent to an activating group) is 1. The van der Waals surface area contributed by atoms with Gasteiger partial charge in [0.1, 0.15) is 34.6 Å². The van der Waals surface area contributed by atoms with E-state index in [0.717, 1.165) is 94.5 Å². The van der Waals surface area contributed by atoms with Crippen LogP contribution in [0, 0.1) is 41.8 Å². The molecular formula is C40H49FN6O2S. The molecule has 1 aromatic heterocycles. The molecule has 4 aliphatic rings. The van der Waals surface area contributed by atoms with Gasteiger partial charge in [-0.25, -0.2) is 4.39 Å². The highest BCUT2D eigenvalue weighted by atomic mass is 32.1. The zero-order valence-electron chi connectivity index (χ0n) is 30.0. The third-order valence-corrected chi connectivity index (χ3v) is 12.7. The fourth-order valence-corrected chi connectivity index (χ4v) is 9.86. The minimum atomic E-state index is -0.481. The zero-order chi connectivity index (χ0) is 35.3. The average Bonchev–Trinajstić information content (AvgIpc) is 3.79. The van der Waals surface area contributed by atoms with Gasteiger partial charge in [0.15, 0.2) is 0 Å². The van der Waals surface area contributed by atoms with Crippen molar-refractivity contribution < 1.29 is 13.9 Å². The third-order valence-electron chi connectivity index (χ3n) is 11.7. The molecule has 8 nitrogen and oxygen atoms in total. The fraction of sp³-hybridized carbons (Fsp3) is 0.525. The fourth-order valence-electron chi connectivity index (χ4n) is 8.91. The number of amidine groups is 1. The van der Waals surface area contributed by atoms with Crippen LogP contribution in [-0.2, 0) is 29.2 Å². The Kier molecular flexibility index (Phi) is 9.66. The molecule has 264 valence electrons. The summed E-state index contributed by atoms with van der Waals surface area (Å²) in [7, 11) is 1.86. The van der Waals surface area contributed by atoms with Crippen molar-refractivity contribution in [2.24, 2.45) is 22.7 Å². The van der Waals surface area contributed by atoms with Gasteiger partial charge in [-0.15, -0.1) is 11.3 Å². The van der Waals surface area contributed by atoms with Gasteiger partial charge in [-0.05, 0) is 95.9 Å². The maximum atomic E-state index is 15.2. The highest BCUT2D eigenvalue weighted by molar-refractivity contribution is 7.23. The number of nitrogens with zero attached hydrogens (tertiary/aromatic N) is 4. The van der Waals surface area contributed by atoms with Crippen molar-refractivity contribution in [2.45, 2.75) is 91.9 Å². The van der Waals surface area contributed by atoms with Crippen LogP contribution in [0.2, 0.25) is 0 Å². The highest BCUT2D eigenvalue weighted by Gasteiger charge is 2.39. The normalized spacial score (nSPS) is 23.1. The molecule has 3 fully saturated rings. The number of halogens is 1. The van der Waals surface area contributed by atoms with Crippen molar-refractivity contribution in [1.82, 2.24) is 15.1 Å². The largest absolute Gasteiger partial charge is 0.389 e. The molecule has 3 unspecified atom stereocenters. The number of hydrogen-bond donors (Lipinski definition) is 2. The first-order valence-corrected chi connectivity index (χ1v) is 19.2. The Morgan fingerprint density at radius 1 is 1.20 bits per heavy atom. The van der Waals surface area contributed by atoms with Crippen LogP contribution in [0.25, 0.3) is 21.2 Å². The first-order valence-electron chi connectivity index (χ1n) is 18.4. The van der Waals surface area contributed by atoms with Crippen molar-refractivity contribution in [1.29, 1.82) is 5.26 Å². The number of carbonyl (C=O) groups excluding carboxylic acids is 1. The number of nitriles is 1. The van der Waals surface area contributed by atoms with Crippen LogP contribution in [0.4, 0.5) is 9.39 Å². The number of rotatable bonds is 8. The monoisotopic (exact) mass is 696 g/mol.